The van der Waals surface area contributed by atoms with E-state index in [1.165, 1.54) is 12.8 Å². The minimum atomic E-state index is -0.475. The molecule has 1 unspecified atom stereocenters. The molecule has 1 rings (SSSR count). The maximum absolute atomic E-state index is 10.7. The Labute approximate surface area is 78.5 Å². The average molecular weight is 137 g/mol. The van der Waals surface area contributed by atoms with Crippen molar-refractivity contribution in [3.05, 3.63) is 0 Å². The van der Waals surface area contributed by atoms with Crippen LogP contribution >= 0.6 is 0 Å². The van der Waals surface area contributed by atoms with Crippen LogP contribution in [0, 0.1) is 0 Å². The van der Waals surface area contributed by atoms with Gasteiger partial charge in [-0.05, 0) is 25.9 Å². The first-order chi connectivity index (χ1) is 3.80. The Balaban J connectivity index is 0.000000640. The van der Waals surface area contributed by atoms with Gasteiger partial charge in [0, 0.05) is 0 Å². The number of hydrogen-bond donors (Lipinski definition) is 0. The van der Waals surface area contributed by atoms with Crippen LogP contribution in [0.15, 0.2) is 0 Å². The Morgan fingerprint density at radius 3 is 2.00 bits per heavy atom. The van der Waals surface area contributed by atoms with Crippen molar-refractivity contribution in [3.63, 3.8) is 0 Å². The quantitative estimate of drug-likeness (QED) is 0.356. The van der Waals surface area contributed by atoms with E-state index < -0.39 is 6.23 Å². The number of hydrogen-bond acceptors (Lipinski definition) is 2. The SMILES string of the molecule is CC([O-])N1CCCC1.[Na+]. The molecular formula is C6H12NNaO. The molecule has 0 aliphatic carbocycles. The smallest absolute Gasteiger partial charge is 0.841 e. The van der Waals surface area contributed by atoms with Crippen molar-refractivity contribution in [2.24, 2.45) is 0 Å². The van der Waals surface area contributed by atoms with Gasteiger partial charge in [-0.15, -0.1) is 0 Å². The molecule has 1 heterocycles. The van der Waals surface area contributed by atoms with E-state index in [0.29, 0.717) is 0 Å². The Hall–Kier alpha value is 0.920. The molecule has 1 saturated heterocycles. The summed E-state index contributed by atoms with van der Waals surface area (Å²) >= 11 is 0. The van der Waals surface area contributed by atoms with Crippen molar-refractivity contribution < 1.29 is 34.7 Å². The molecule has 1 aliphatic heterocycles. The van der Waals surface area contributed by atoms with Gasteiger partial charge in [-0.3, -0.25) is 0 Å². The van der Waals surface area contributed by atoms with Gasteiger partial charge in [-0.2, -0.15) is 0 Å². The predicted octanol–water partition coefficient (Wildman–Crippen LogP) is -3.21. The summed E-state index contributed by atoms with van der Waals surface area (Å²) in [5.41, 5.74) is 0. The zero-order valence-corrected chi connectivity index (χ0v) is 8.26. The minimum absolute atomic E-state index is 0. The molecule has 0 spiro atoms. The van der Waals surface area contributed by atoms with Crippen LogP contribution in [-0.2, 0) is 0 Å². The van der Waals surface area contributed by atoms with Gasteiger partial charge in [-0.25, -0.2) is 0 Å². The van der Waals surface area contributed by atoms with Gasteiger partial charge >= 0.3 is 29.6 Å². The predicted molar refractivity (Wildman–Crippen MR) is 30.3 cm³/mol. The van der Waals surface area contributed by atoms with Crippen molar-refractivity contribution in [1.82, 2.24) is 4.90 Å². The van der Waals surface area contributed by atoms with Crippen LogP contribution in [0.25, 0.3) is 0 Å². The summed E-state index contributed by atoms with van der Waals surface area (Å²) in [6.45, 7) is 3.75. The van der Waals surface area contributed by atoms with E-state index in [4.69, 9.17) is 0 Å². The van der Waals surface area contributed by atoms with E-state index in [0.717, 1.165) is 13.1 Å². The molecule has 3 heteroatoms. The zero-order valence-electron chi connectivity index (χ0n) is 6.26. The first-order valence-electron chi connectivity index (χ1n) is 3.20. The summed E-state index contributed by atoms with van der Waals surface area (Å²) in [5, 5.41) is 10.7. The second kappa shape index (κ2) is 4.69. The van der Waals surface area contributed by atoms with Crippen LogP contribution in [0.2, 0.25) is 0 Å². The number of nitrogens with zero attached hydrogens (tertiary/aromatic N) is 1. The van der Waals surface area contributed by atoms with Gasteiger partial charge in [0.2, 0.25) is 0 Å². The van der Waals surface area contributed by atoms with Crippen LogP contribution in [0.1, 0.15) is 19.8 Å². The third kappa shape index (κ3) is 3.01. The first-order valence-corrected chi connectivity index (χ1v) is 3.20. The van der Waals surface area contributed by atoms with E-state index in [-0.39, 0.29) is 29.6 Å². The molecule has 0 amide bonds. The Morgan fingerprint density at radius 1 is 1.33 bits per heavy atom. The second-order valence-corrected chi connectivity index (χ2v) is 2.34. The summed E-state index contributed by atoms with van der Waals surface area (Å²) in [5.74, 6) is 0. The number of likely N-dealkylation sites (tertiary alicyclic amines) is 1. The monoisotopic (exact) mass is 137 g/mol. The molecule has 0 radical (unpaired) electrons. The third-order valence-electron chi connectivity index (χ3n) is 1.65. The van der Waals surface area contributed by atoms with Gasteiger partial charge in [-0.1, -0.05) is 13.2 Å². The van der Waals surface area contributed by atoms with Crippen LogP contribution in [-0.4, -0.2) is 24.2 Å². The fourth-order valence-corrected chi connectivity index (χ4v) is 1.11. The van der Waals surface area contributed by atoms with Crippen molar-refractivity contribution in [3.8, 4) is 0 Å². The average Bonchev–Trinajstić information content (AvgIpc) is 2.12. The summed E-state index contributed by atoms with van der Waals surface area (Å²) < 4.78 is 0. The van der Waals surface area contributed by atoms with Gasteiger partial charge in [0.25, 0.3) is 0 Å². The van der Waals surface area contributed by atoms with Crippen LogP contribution in [0.3, 0.4) is 0 Å². The van der Waals surface area contributed by atoms with Crippen LogP contribution < -0.4 is 34.7 Å². The van der Waals surface area contributed by atoms with Gasteiger partial charge < -0.3 is 10.0 Å². The third-order valence-corrected chi connectivity index (χ3v) is 1.65. The largest absolute Gasteiger partial charge is 1.00 e. The maximum Gasteiger partial charge on any atom is 1.00 e. The Kier molecular flexibility index (Phi) is 5.17. The van der Waals surface area contributed by atoms with E-state index in [9.17, 15) is 5.11 Å². The van der Waals surface area contributed by atoms with Gasteiger partial charge in [0.15, 0.2) is 0 Å². The van der Waals surface area contributed by atoms with E-state index in [2.05, 4.69) is 0 Å². The van der Waals surface area contributed by atoms with Crippen LogP contribution in [0.5, 0.6) is 0 Å². The molecule has 0 aromatic carbocycles. The molecule has 2 nitrogen and oxygen atoms in total. The maximum atomic E-state index is 10.7. The molecular weight excluding hydrogens is 125 g/mol. The fraction of sp³-hybridized carbons (Fsp3) is 1.00. The molecule has 1 fully saturated rings. The molecule has 0 saturated carbocycles. The molecule has 48 valence electrons. The normalized spacial score (nSPS) is 23.3. The molecule has 0 aromatic heterocycles. The van der Waals surface area contributed by atoms with E-state index in [1.54, 1.807) is 6.92 Å². The van der Waals surface area contributed by atoms with Crippen molar-refractivity contribution in [1.29, 1.82) is 0 Å². The zero-order chi connectivity index (χ0) is 5.98. The molecule has 1 aliphatic rings. The molecule has 9 heavy (non-hydrogen) atoms. The van der Waals surface area contributed by atoms with E-state index in [1.807, 2.05) is 4.90 Å². The minimum Gasteiger partial charge on any atom is -0.841 e. The first kappa shape index (κ1) is 9.92. The summed E-state index contributed by atoms with van der Waals surface area (Å²) in [4.78, 5) is 1.97. The standard InChI is InChI=1S/C6H12NO.Na/c1-6(8)7-4-2-3-5-7;/h6H,2-5H2,1H3;/q-1;+1. The van der Waals surface area contributed by atoms with Crippen molar-refractivity contribution in [2.75, 3.05) is 13.1 Å². The fourth-order valence-electron chi connectivity index (χ4n) is 1.11. The summed E-state index contributed by atoms with van der Waals surface area (Å²) in [6, 6.07) is 0. The molecule has 0 aromatic rings. The summed E-state index contributed by atoms with van der Waals surface area (Å²) in [7, 11) is 0. The second-order valence-electron chi connectivity index (χ2n) is 2.34. The van der Waals surface area contributed by atoms with Gasteiger partial charge in [0.1, 0.15) is 0 Å². The van der Waals surface area contributed by atoms with Crippen molar-refractivity contribution >= 4 is 0 Å². The van der Waals surface area contributed by atoms with Gasteiger partial charge in [0.05, 0.1) is 0 Å². The number of rotatable bonds is 1. The molecule has 1 atom stereocenters. The Morgan fingerprint density at radius 2 is 1.78 bits per heavy atom. The topological polar surface area (TPSA) is 26.3 Å². The summed E-state index contributed by atoms with van der Waals surface area (Å²) in [6.07, 6.45) is 1.96. The van der Waals surface area contributed by atoms with Crippen LogP contribution in [0.4, 0.5) is 0 Å². The molecule has 0 bridgehead atoms. The van der Waals surface area contributed by atoms with E-state index >= 15 is 0 Å². The van der Waals surface area contributed by atoms with Crippen molar-refractivity contribution in [2.45, 2.75) is 26.0 Å². The molecule has 0 N–H and O–H groups in total. The Bertz CT molecular complexity index is 71.5.